The third-order valence-electron chi connectivity index (χ3n) is 5.33. The Labute approximate surface area is 195 Å². The zero-order chi connectivity index (χ0) is 24.0. The van der Waals surface area contributed by atoms with Crippen LogP contribution in [0.2, 0.25) is 0 Å². The van der Waals surface area contributed by atoms with Crippen molar-refractivity contribution in [3.8, 4) is 17.6 Å². The maximum absolute atomic E-state index is 12.8. The second-order valence-electron chi connectivity index (χ2n) is 8.11. The van der Waals surface area contributed by atoms with Gasteiger partial charge in [-0.15, -0.1) is 0 Å². The molecule has 33 heavy (non-hydrogen) atoms. The van der Waals surface area contributed by atoms with E-state index in [4.69, 9.17) is 9.47 Å². The number of methoxy groups -OCH3 is 1. The van der Waals surface area contributed by atoms with Crippen molar-refractivity contribution in [2.75, 3.05) is 12.4 Å². The molecule has 3 aromatic rings. The molecular formula is C28H28N2O3. The molecule has 3 aromatic carbocycles. The highest BCUT2D eigenvalue weighted by atomic mass is 16.5. The second-order valence-corrected chi connectivity index (χ2v) is 8.11. The van der Waals surface area contributed by atoms with E-state index in [0.717, 1.165) is 27.8 Å². The summed E-state index contributed by atoms with van der Waals surface area (Å²) in [5, 5.41) is 12.4. The molecule has 0 unspecified atom stereocenters. The van der Waals surface area contributed by atoms with Crippen LogP contribution >= 0.6 is 0 Å². The molecule has 0 bridgehead atoms. The van der Waals surface area contributed by atoms with Crippen molar-refractivity contribution in [1.29, 1.82) is 5.26 Å². The third-order valence-corrected chi connectivity index (χ3v) is 5.33. The van der Waals surface area contributed by atoms with E-state index < -0.39 is 5.91 Å². The lowest BCUT2D eigenvalue weighted by atomic mass is 10.1. The van der Waals surface area contributed by atoms with E-state index in [1.54, 1.807) is 25.3 Å². The zero-order valence-corrected chi connectivity index (χ0v) is 19.7. The first-order chi connectivity index (χ1) is 15.8. The number of ether oxygens (including phenoxy) is 2. The average molecular weight is 441 g/mol. The summed E-state index contributed by atoms with van der Waals surface area (Å²) in [6.45, 7) is 8.42. The van der Waals surface area contributed by atoms with Crippen molar-refractivity contribution in [1.82, 2.24) is 0 Å². The highest BCUT2D eigenvalue weighted by molar-refractivity contribution is 6.09. The number of nitrogens with zero attached hydrogens (tertiary/aromatic N) is 1. The Kier molecular flexibility index (Phi) is 7.53. The van der Waals surface area contributed by atoms with Crippen molar-refractivity contribution >= 4 is 17.7 Å². The molecule has 5 nitrogen and oxygen atoms in total. The second kappa shape index (κ2) is 10.5. The number of carbonyl (C=O) groups excluding carboxylic acids is 1. The number of benzene rings is 3. The fourth-order valence-electron chi connectivity index (χ4n) is 3.52. The van der Waals surface area contributed by atoms with Crippen molar-refractivity contribution < 1.29 is 14.3 Å². The molecule has 0 aliphatic rings. The van der Waals surface area contributed by atoms with Gasteiger partial charge in [0.2, 0.25) is 0 Å². The van der Waals surface area contributed by atoms with Crippen LogP contribution in [-0.2, 0) is 11.4 Å². The van der Waals surface area contributed by atoms with Crippen LogP contribution in [-0.4, -0.2) is 13.0 Å². The lowest BCUT2D eigenvalue weighted by molar-refractivity contribution is -0.112. The number of nitriles is 1. The quantitative estimate of drug-likeness (QED) is 0.358. The first kappa shape index (κ1) is 23.6. The van der Waals surface area contributed by atoms with Crippen molar-refractivity contribution in [2.45, 2.75) is 34.3 Å². The van der Waals surface area contributed by atoms with Crippen LogP contribution in [0.25, 0.3) is 6.08 Å². The maximum atomic E-state index is 12.8. The van der Waals surface area contributed by atoms with Crippen molar-refractivity contribution in [3.05, 3.63) is 93.6 Å². The first-order valence-electron chi connectivity index (χ1n) is 10.7. The van der Waals surface area contributed by atoms with Crippen molar-refractivity contribution in [2.24, 2.45) is 0 Å². The van der Waals surface area contributed by atoms with Gasteiger partial charge in [-0.25, -0.2) is 0 Å². The van der Waals surface area contributed by atoms with Crippen molar-refractivity contribution in [3.63, 3.8) is 0 Å². The van der Waals surface area contributed by atoms with E-state index >= 15 is 0 Å². The molecule has 168 valence electrons. The largest absolute Gasteiger partial charge is 0.497 e. The van der Waals surface area contributed by atoms with Gasteiger partial charge in [-0.3, -0.25) is 4.79 Å². The number of amides is 1. The number of hydrogen-bond acceptors (Lipinski definition) is 4. The van der Waals surface area contributed by atoms with Gasteiger partial charge in [0.25, 0.3) is 5.91 Å². The van der Waals surface area contributed by atoms with Gasteiger partial charge in [0.1, 0.15) is 29.7 Å². The molecule has 0 heterocycles. The standard InChI is InChI=1S/C28H28N2O3/c1-18-10-19(2)12-22(11-18)17-33-27-15-26(32-5)9-7-23(27)14-24(16-29)28(31)30-25-8-6-20(3)21(4)13-25/h6-15H,17H2,1-5H3,(H,30,31)/b24-14+. The predicted molar refractivity (Wildman–Crippen MR) is 131 cm³/mol. The number of hydrogen-bond donors (Lipinski definition) is 1. The van der Waals surface area contributed by atoms with E-state index in [2.05, 4.69) is 23.5 Å². The molecule has 0 fully saturated rings. The van der Waals surface area contributed by atoms with E-state index in [1.807, 2.05) is 52.0 Å². The number of rotatable bonds is 7. The zero-order valence-electron chi connectivity index (χ0n) is 19.7. The molecule has 1 amide bonds. The Balaban J connectivity index is 1.87. The topological polar surface area (TPSA) is 71.3 Å². The third kappa shape index (κ3) is 6.24. The van der Waals surface area contributed by atoms with Gasteiger partial charge < -0.3 is 14.8 Å². The Hall–Kier alpha value is -4.04. The van der Waals surface area contributed by atoms with E-state index in [1.165, 1.54) is 6.08 Å². The highest BCUT2D eigenvalue weighted by Gasteiger charge is 2.13. The molecule has 0 radical (unpaired) electrons. The van der Waals surface area contributed by atoms with Gasteiger partial charge in [-0.2, -0.15) is 5.26 Å². The molecule has 3 rings (SSSR count). The summed E-state index contributed by atoms with van der Waals surface area (Å²) in [6, 6.07) is 19.2. The van der Waals surface area contributed by atoms with Gasteiger partial charge in [0.15, 0.2) is 0 Å². The summed E-state index contributed by atoms with van der Waals surface area (Å²) in [6.07, 6.45) is 1.53. The van der Waals surface area contributed by atoms with Crippen LogP contribution in [0.15, 0.2) is 60.2 Å². The summed E-state index contributed by atoms with van der Waals surface area (Å²) in [5.41, 5.74) is 6.80. The van der Waals surface area contributed by atoms with Crippen LogP contribution in [0.5, 0.6) is 11.5 Å². The fourth-order valence-corrected chi connectivity index (χ4v) is 3.52. The van der Waals surface area contributed by atoms with E-state index in [0.29, 0.717) is 29.4 Å². The van der Waals surface area contributed by atoms with Gasteiger partial charge in [0.05, 0.1) is 7.11 Å². The van der Waals surface area contributed by atoms with Gasteiger partial charge in [0, 0.05) is 17.3 Å². The molecule has 0 saturated carbocycles. The molecule has 5 heteroatoms. The van der Waals surface area contributed by atoms with Crippen LogP contribution in [0.1, 0.15) is 33.4 Å². The van der Waals surface area contributed by atoms with Gasteiger partial charge in [-0.05, 0) is 74.7 Å². The van der Waals surface area contributed by atoms with Crippen LogP contribution in [0.3, 0.4) is 0 Å². The lowest BCUT2D eigenvalue weighted by Crippen LogP contribution is -2.13. The minimum atomic E-state index is -0.475. The van der Waals surface area contributed by atoms with Crippen LogP contribution in [0, 0.1) is 39.0 Å². The van der Waals surface area contributed by atoms with E-state index in [-0.39, 0.29) is 5.57 Å². The number of nitrogens with one attached hydrogen (secondary N) is 1. The number of carbonyl (C=O) groups is 1. The number of anilines is 1. The van der Waals surface area contributed by atoms with Gasteiger partial charge in [-0.1, -0.05) is 35.4 Å². The molecule has 0 spiro atoms. The summed E-state index contributed by atoms with van der Waals surface area (Å²) in [4.78, 5) is 12.8. The van der Waals surface area contributed by atoms with Crippen LogP contribution in [0.4, 0.5) is 5.69 Å². The Morgan fingerprint density at radius 1 is 0.970 bits per heavy atom. The lowest BCUT2D eigenvalue weighted by Gasteiger charge is -2.13. The Morgan fingerprint density at radius 3 is 2.33 bits per heavy atom. The minimum Gasteiger partial charge on any atom is -0.497 e. The first-order valence-corrected chi connectivity index (χ1v) is 10.7. The predicted octanol–water partition coefficient (Wildman–Crippen LogP) is 6.05. The minimum absolute atomic E-state index is 0.0188. The Bertz CT molecular complexity index is 1230. The normalized spacial score (nSPS) is 11.0. The van der Waals surface area contributed by atoms with E-state index in [9.17, 15) is 10.1 Å². The molecule has 0 atom stereocenters. The monoisotopic (exact) mass is 440 g/mol. The molecule has 0 aliphatic heterocycles. The smallest absolute Gasteiger partial charge is 0.266 e. The molecule has 0 aliphatic carbocycles. The molecule has 0 aromatic heterocycles. The molecule has 0 saturated heterocycles. The van der Waals surface area contributed by atoms with Gasteiger partial charge >= 0.3 is 0 Å². The van der Waals surface area contributed by atoms with Crippen LogP contribution < -0.4 is 14.8 Å². The maximum Gasteiger partial charge on any atom is 0.266 e. The highest BCUT2D eigenvalue weighted by Crippen LogP contribution is 2.28. The molecule has 1 N–H and O–H groups in total. The summed E-state index contributed by atoms with van der Waals surface area (Å²) in [5.74, 6) is 0.678. The molecular weight excluding hydrogens is 412 g/mol. The summed E-state index contributed by atoms with van der Waals surface area (Å²) in [7, 11) is 1.58. The average Bonchev–Trinajstić information content (AvgIpc) is 2.78. The summed E-state index contributed by atoms with van der Waals surface area (Å²) < 4.78 is 11.4. The SMILES string of the molecule is COc1ccc(/C=C(\C#N)C(=O)Nc2ccc(C)c(C)c2)c(OCc2cc(C)cc(C)c2)c1. The fraction of sp³-hybridized carbons (Fsp3) is 0.214. The number of aryl methyl sites for hydroxylation is 4. The Morgan fingerprint density at radius 2 is 1.70 bits per heavy atom. The summed E-state index contributed by atoms with van der Waals surface area (Å²) >= 11 is 0.